The Kier molecular flexibility index (Phi) is 3.94. The predicted molar refractivity (Wildman–Crippen MR) is 73.8 cm³/mol. The molecule has 19 heavy (non-hydrogen) atoms. The van der Waals surface area contributed by atoms with E-state index in [9.17, 15) is 0 Å². The molecule has 0 saturated carbocycles. The zero-order valence-corrected chi connectivity index (χ0v) is 11.5. The number of aryl methyl sites for hydroxylation is 1. The van der Waals surface area contributed by atoms with Gasteiger partial charge in [-0.2, -0.15) is 15.0 Å². The lowest BCUT2D eigenvalue weighted by atomic mass is 10.4. The molecule has 2 rings (SSSR count). The van der Waals surface area contributed by atoms with E-state index >= 15 is 0 Å². The van der Waals surface area contributed by atoms with E-state index in [2.05, 4.69) is 33.8 Å². The maximum absolute atomic E-state index is 5.76. The Bertz CT molecular complexity index is 545. The number of nitrogens with two attached hydrogens (primary N) is 1. The first-order valence-corrected chi connectivity index (χ1v) is 6.35. The van der Waals surface area contributed by atoms with Crippen LogP contribution in [0.2, 0.25) is 0 Å². The summed E-state index contributed by atoms with van der Waals surface area (Å²) in [5.41, 5.74) is 5.76. The van der Waals surface area contributed by atoms with E-state index in [4.69, 9.17) is 5.73 Å². The average molecular weight is 261 g/mol. The summed E-state index contributed by atoms with van der Waals surface area (Å²) < 4.78 is 1.94. The number of nitrogens with zero attached hydrogens (tertiary/aromatic N) is 6. The molecule has 2 aromatic heterocycles. The van der Waals surface area contributed by atoms with Crippen LogP contribution in [0.5, 0.6) is 0 Å². The zero-order chi connectivity index (χ0) is 13.8. The first-order valence-electron chi connectivity index (χ1n) is 6.35. The number of imidazole rings is 1. The van der Waals surface area contributed by atoms with Crippen LogP contribution in [0.3, 0.4) is 0 Å². The third-order valence-corrected chi connectivity index (χ3v) is 2.97. The third kappa shape index (κ3) is 2.98. The van der Waals surface area contributed by atoms with E-state index in [1.807, 2.05) is 22.7 Å². The summed E-state index contributed by atoms with van der Waals surface area (Å²) in [6, 6.07) is 0. The van der Waals surface area contributed by atoms with E-state index in [1.54, 1.807) is 6.20 Å². The summed E-state index contributed by atoms with van der Waals surface area (Å²) in [4.78, 5) is 19.1. The van der Waals surface area contributed by atoms with Gasteiger partial charge in [0.05, 0.1) is 6.42 Å². The fourth-order valence-electron chi connectivity index (χ4n) is 1.86. The maximum Gasteiger partial charge on any atom is 0.230 e. The fourth-order valence-corrected chi connectivity index (χ4v) is 1.86. The number of hydrogen-bond donors (Lipinski definition) is 1. The number of aromatic nitrogens is 5. The Morgan fingerprint density at radius 3 is 2.53 bits per heavy atom. The van der Waals surface area contributed by atoms with Crippen molar-refractivity contribution in [1.82, 2.24) is 24.5 Å². The van der Waals surface area contributed by atoms with Crippen molar-refractivity contribution in [2.45, 2.75) is 20.3 Å². The van der Waals surface area contributed by atoms with Crippen molar-refractivity contribution in [3.63, 3.8) is 0 Å². The Morgan fingerprint density at radius 1 is 1.21 bits per heavy atom. The molecular formula is C12H19N7. The van der Waals surface area contributed by atoms with Crippen molar-refractivity contribution in [3.05, 3.63) is 24.0 Å². The summed E-state index contributed by atoms with van der Waals surface area (Å²) in [7, 11) is 1.94. The molecule has 0 aliphatic heterocycles. The van der Waals surface area contributed by atoms with E-state index in [-0.39, 0.29) is 5.95 Å². The summed E-state index contributed by atoms with van der Waals surface area (Å²) in [6.45, 7) is 5.79. The number of nitrogen functional groups attached to an aromatic ring is 1. The lowest BCUT2D eigenvalue weighted by molar-refractivity contribution is 0.767. The topological polar surface area (TPSA) is 85.8 Å². The van der Waals surface area contributed by atoms with Crippen molar-refractivity contribution in [3.8, 4) is 0 Å². The minimum atomic E-state index is 0.251. The fraction of sp³-hybridized carbons (Fsp3) is 0.500. The van der Waals surface area contributed by atoms with Gasteiger partial charge in [0.15, 0.2) is 0 Å². The first kappa shape index (κ1) is 13.3. The molecule has 2 heterocycles. The standard InChI is InChI=1S/C12H19N7/c1-4-19(5-2)12-16-9(15-11(13)17-12)8-10-14-6-7-18(10)3/h6-7H,4-5,8H2,1-3H3,(H2,13,15,16,17). The van der Waals surface area contributed by atoms with E-state index in [0.717, 1.165) is 18.9 Å². The highest BCUT2D eigenvalue weighted by Gasteiger charge is 2.11. The van der Waals surface area contributed by atoms with Crippen LogP contribution in [-0.4, -0.2) is 37.6 Å². The predicted octanol–water partition coefficient (Wildman–Crippen LogP) is 0.624. The van der Waals surface area contributed by atoms with E-state index in [0.29, 0.717) is 18.2 Å². The van der Waals surface area contributed by atoms with Crippen LogP contribution in [0.4, 0.5) is 11.9 Å². The Hall–Kier alpha value is -2.18. The van der Waals surface area contributed by atoms with E-state index in [1.165, 1.54) is 0 Å². The first-order chi connectivity index (χ1) is 9.13. The molecule has 102 valence electrons. The van der Waals surface area contributed by atoms with Crippen LogP contribution < -0.4 is 10.6 Å². The molecule has 2 aromatic rings. The number of rotatable bonds is 5. The molecule has 0 aliphatic carbocycles. The van der Waals surface area contributed by atoms with Gasteiger partial charge >= 0.3 is 0 Å². The van der Waals surface area contributed by atoms with Crippen LogP contribution in [0.15, 0.2) is 12.4 Å². The van der Waals surface area contributed by atoms with Gasteiger partial charge in [0.1, 0.15) is 11.6 Å². The van der Waals surface area contributed by atoms with Crippen LogP contribution in [0.25, 0.3) is 0 Å². The number of anilines is 2. The quantitative estimate of drug-likeness (QED) is 0.849. The minimum absolute atomic E-state index is 0.251. The summed E-state index contributed by atoms with van der Waals surface area (Å²) >= 11 is 0. The zero-order valence-electron chi connectivity index (χ0n) is 11.5. The highest BCUT2D eigenvalue weighted by molar-refractivity contribution is 5.34. The second-order valence-electron chi connectivity index (χ2n) is 4.21. The van der Waals surface area contributed by atoms with Crippen molar-refractivity contribution < 1.29 is 0 Å². The second-order valence-corrected chi connectivity index (χ2v) is 4.21. The van der Waals surface area contributed by atoms with Gasteiger partial charge in [0.25, 0.3) is 0 Å². The summed E-state index contributed by atoms with van der Waals surface area (Å²) in [6.07, 6.45) is 4.20. The Labute approximate surface area is 112 Å². The smallest absolute Gasteiger partial charge is 0.230 e. The van der Waals surface area contributed by atoms with Gasteiger partial charge in [-0.05, 0) is 13.8 Å². The Balaban J connectivity index is 2.29. The van der Waals surface area contributed by atoms with Crippen molar-refractivity contribution in [2.75, 3.05) is 23.7 Å². The molecule has 0 spiro atoms. The highest BCUT2D eigenvalue weighted by Crippen LogP contribution is 2.11. The minimum Gasteiger partial charge on any atom is -0.368 e. The molecule has 0 unspecified atom stereocenters. The molecule has 7 nitrogen and oxygen atoms in total. The monoisotopic (exact) mass is 261 g/mol. The maximum atomic E-state index is 5.76. The number of hydrogen-bond acceptors (Lipinski definition) is 6. The lowest BCUT2D eigenvalue weighted by Crippen LogP contribution is -2.25. The molecule has 0 aromatic carbocycles. The van der Waals surface area contributed by atoms with Gasteiger partial charge in [0, 0.05) is 32.5 Å². The molecule has 0 radical (unpaired) electrons. The average Bonchev–Trinajstić information content (AvgIpc) is 2.76. The second kappa shape index (κ2) is 5.64. The van der Waals surface area contributed by atoms with E-state index < -0.39 is 0 Å². The molecular weight excluding hydrogens is 242 g/mol. The summed E-state index contributed by atoms with van der Waals surface area (Å²) in [5.74, 6) is 2.42. The lowest BCUT2D eigenvalue weighted by Gasteiger charge is -2.18. The molecule has 0 aliphatic rings. The molecule has 7 heteroatoms. The molecule has 0 fully saturated rings. The normalized spacial score (nSPS) is 10.7. The summed E-state index contributed by atoms with van der Waals surface area (Å²) in [5, 5.41) is 0. The van der Waals surface area contributed by atoms with Gasteiger partial charge in [-0.15, -0.1) is 0 Å². The van der Waals surface area contributed by atoms with Gasteiger partial charge < -0.3 is 15.2 Å². The van der Waals surface area contributed by atoms with Crippen LogP contribution in [0.1, 0.15) is 25.5 Å². The van der Waals surface area contributed by atoms with Gasteiger partial charge in [-0.25, -0.2) is 4.98 Å². The molecule has 0 atom stereocenters. The third-order valence-electron chi connectivity index (χ3n) is 2.97. The van der Waals surface area contributed by atoms with Crippen molar-refractivity contribution in [2.24, 2.45) is 7.05 Å². The van der Waals surface area contributed by atoms with Crippen molar-refractivity contribution in [1.29, 1.82) is 0 Å². The van der Waals surface area contributed by atoms with Crippen LogP contribution in [-0.2, 0) is 13.5 Å². The largest absolute Gasteiger partial charge is 0.368 e. The molecule has 0 saturated heterocycles. The van der Waals surface area contributed by atoms with Crippen LogP contribution in [0, 0.1) is 0 Å². The SMILES string of the molecule is CCN(CC)c1nc(N)nc(Cc2nccn2C)n1. The van der Waals surface area contributed by atoms with Gasteiger partial charge in [-0.3, -0.25) is 0 Å². The molecule has 0 amide bonds. The van der Waals surface area contributed by atoms with Gasteiger partial charge in [-0.1, -0.05) is 0 Å². The van der Waals surface area contributed by atoms with Crippen molar-refractivity contribution >= 4 is 11.9 Å². The molecule has 2 N–H and O–H groups in total. The van der Waals surface area contributed by atoms with Gasteiger partial charge in [0.2, 0.25) is 11.9 Å². The van der Waals surface area contributed by atoms with Crippen LogP contribution >= 0.6 is 0 Å². The highest BCUT2D eigenvalue weighted by atomic mass is 15.3. The Morgan fingerprint density at radius 2 is 1.95 bits per heavy atom. The molecule has 0 bridgehead atoms.